The summed E-state index contributed by atoms with van der Waals surface area (Å²) < 4.78 is 11.4. The van der Waals surface area contributed by atoms with Crippen molar-refractivity contribution in [2.75, 3.05) is 0 Å². The molecule has 15 heavy (non-hydrogen) atoms. The zero-order chi connectivity index (χ0) is 10.8. The van der Waals surface area contributed by atoms with Crippen molar-refractivity contribution < 1.29 is 9.47 Å². The van der Waals surface area contributed by atoms with Crippen LogP contribution in [0.3, 0.4) is 0 Å². The Labute approximate surface area is 95.1 Å². The first-order chi connectivity index (χ1) is 7.15. The van der Waals surface area contributed by atoms with Gasteiger partial charge in [-0.3, -0.25) is 0 Å². The van der Waals surface area contributed by atoms with Gasteiger partial charge in [0.2, 0.25) is 0 Å². The summed E-state index contributed by atoms with van der Waals surface area (Å²) in [6.07, 6.45) is 1.19. The van der Waals surface area contributed by atoms with Crippen LogP contribution in [0.15, 0.2) is 24.3 Å². The van der Waals surface area contributed by atoms with Gasteiger partial charge in [-0.2, -0.15) is 0 Å². The minimum absolute atomic E-state index is 0.245. The first-order valence-corrected chi connectivity index (χ1v) is 5.59. The second-order valence-corrected chi connectivity index (χ2v) is 4.45. The van der Waals surface area contributed by atoms with Gasteiger partial charge < -0.3 is 9.47 Å². The van der Waals surface area contributed by atoms with Crippen molar-refractivity contribution in [3.05, 3.63) is 34.9 Å². The maximum absolute atomic E-state index is 5.83. The largest absolute Gasteiger partial charge is 0.345 e. The van der Waals surface area contributed by atoms with Crippen LogP contribution in [0.25, 0.3) is 0 Å². The molecule has 0 aliphatic carbocycles. The lowest BCUT2D eigenvalue weighted by Crippen LogP contribution is -2.30. The summed E-state index contributed by atoms with van der Waals surface area (Å²) in [7, 11) is 0. The Bertz CT molecular complexity index is 313. The van der Waals surface area contributed by atoms with Crippen LogP contribution in [-0.4, -0.2) is 12.2 Å². The van der Waals surface area contributed by atoms with Crippen LogP contribution in [0.1, 0.15) is 32.1 Å². The monoisotopic (exact) mass is 226 g/mol. The van der Waals surface area contributed by atoms with Gasteiger partial charge in [0.25, 0.3) is 0 Å². The number of rotatable bonds is 1. The maximum atomic E-state index is 5.83. The van der Waals surface area contributed by atoms with Gasteiger partial charge in [0, 0.05) is 10.6 Å². The number of hydrogen-bond donors (Lipinski definition) is 0. The third kappa shape index (κ3) is 2.71. The van der Waals surface area contributed by atoms with Crippen molar-refractivity contribution in [2.24, 2.45) is 0 Å². The standard InChI is InChI=1S/C12H15ClO2/c1-8-7-9(2)15-12(14-8)10-3-5-11(13)6-4-10/h3-6,8-9,12H,7H2,1-2H3/t8-,9+,12?. The Morgan fingerprint density at radius 2 is 1.60 bits per heavy atom. The molecule has 3 heteroatoms. The van der Waals surface area contributed by atoms with E-state index in [4.69, 9.17) is 21.1 Å². The van der Waals surface area contributed by atoms with E-state index in [0.717, 1.165) is 17.0 Å². The van der Waals surface area contributed by atoms with Crippen molar-refractivity contribution in [3.8, 4) is 0 Å². The molecule has 1 aromatic rings. The molecule has 82 valence electrons. The fourth-order valence-electron chi connectivity index (χ4n) is 1.81. The lowest BCUT2D eigenvalue weighted by molar-refractivity contribution is -0.239. The molecule has 0 aromatic heterocycles. The third-order valence-corrected chi connectivity index (χ3v) is 2.77. The van der Waals surface area contributed by atoms with E-state index < -0.39 is 0 Å². The van der Waals surface area contributed by atoms with Gasteiger partial charge in [0.15, 0.2) is 6.29 Å². The summed E-state index contributed by atoms with van der Waals surface area (Å²) in [4.78, 5) is 0. The van der Waals surface area contributed by atoms with Gasteiger partial charge >= 0.3 is 0 Å². The average molecular weight is 227 g/mol. The molecule has 3 atom stereocenters. The molecule has 2 rings (SSSR count). The van der Waals surface area contributed by atoms with E-state index in [1.807, 2.05) is 24.3 Å². The fraction of sp³-hybridized carbons (Fsp3) is 0.500. The molecule has 1 saturated heterocycles. The Morgan fingerprint density at radius 3 is 2.13 bits per heavy atom. The van der Waals surface area contributed by atoms with E-state index in [0.29, 0.717) is 0 Å². The van der Waals surface area contributed by atoms with Crippen LogP contribution in [0.2, 0.25) is 5.02 Å². The first kappa shape index (κ1) is 10.9. The molecule has 0 saturated carbocycles. The summed E-state index contributed by atoms with van der Waals surface area (Å²) in [6.45, 7) is 4.14. The second-order valence-electron chi connectivity index (χ2n) is 4.01. The Hall–Kier alpha value is -0.570. The molecule has 1 fully saturated rings. The number of ether oxygens (including phenoxy) is 2. The van der Waals surface area contributed by atoms with Crippen molar-refractivity contribution >= 4 is 11.6 Å². The number of halogens is 1. The molecule has 0 N–H and O–H groups in total. The molecule has 1 aromatic carbocycles. The molecule has 1 aliphatic rings. The van der Waals surface area contributed by atoms with Crippen molar-refractivity contribution in [1.29, 1.82) is 0 Å². The van der Waals surface area contributed by atoms with Gasteiger partial charge in [0.05, 0.1) is 12.2 Å². The lowest BCUT2D eigenvalue weighted by Gasteiger charge is -2.32. The first-order valence-electron chi connectivity index (χ1n) is 5.21. The summed E-state index contributed by atoms with van der Waals surface area (Å²) in [5, 5.41) is 0.732. The number of benzene rings is 1. The van der Waals surface area contributed by atoms with E-state index in [2.05, 4.69) is 13.8 Å². The van der Waals surface area contributed by atoms with E-state index >= 15 is 0 Å². The highest BCUT2D eigenvalue weighted by molar-refractivity contribution is 6.30. The van der Waals surface area contributed by atoms with Crippen molar-refractivity contribution in [2.45, 2.75) is 38.8 Å². The van der Waals surface area contributed by atoms with Gasteiger partial charge in [-0.15, -0.1) is 0 Å². The normalized spacial score (nSPS) is 31.5. The van der Waals surface area contributed by atoms with Crippen LogP contribution in [0, 0.1) is 0 Å². The summed E-state index contributed by atoms with van der Waals surface area (Å²) in [5.74, 6) is 0. The van der Waals surface area contributed by atoms with Crippen LogP contribution in [0.5, 0.6) is 0 Å². The van der Waals surface area contributed by atoms with Gasteiger partial charge in [0.1, 0.15) is 0 Å². The molecular formula is C12H15ClO2. The second kappa shape index (κ2) is 4.52. The quantitative estimate of drug-likeness (QED) is 0.729. The number of hydrogen-bond acceptors (Lipinski definition) is 2. The predicted molar refractivity (Wildman–Crippen MR) is 59.9 cm³/mol. The van der Waals surface area contributed by atoms with Crippen molar-refractivity contribution in [1.82, 2.24) is 0 Å². The van der Waals surface area contributed by atoms with Crippen LogP contribution >= 0.6 is 11.6 Å². The predicted octanol–water partition coefficient (Wildman–Crippen LogP) is 3.55. The summed E-state index contributed by atoms with van der Waals surface area (Å²) in [6, 6.07) is 7.59. The molecule has 0 spiro atoms. The minimum atomic E-state index is -0.249. The Morgan fingerprint density at radius 1 is 1.07 bits per heavy atom. The molecule has 1 unspecified atom stereocenters. The summed E-state index contributed by atoms with van der Waals surface area (Å²) >= 11 is 5.83. The van der Waals surface area contributed by atoms with E-state index in [-0.39, 0.29) is 18.5 Å². The van der Waals surface area contributed by atoms with Crippen LogP contribution in [0.4, 0.5) is 0 Å². The Kier molecular flexibility index (Phi) is 3.29. The van der Waals surface area contributed by atoms with Crippen LogP contribution in [-0.2, 0) is 9.47 Å². The highest BCUT2D eigenvalue weighted by atomic mass is 35.5. The van der Waals surface area contributed by atoms with Gasteiger partial charge in [-0.05, 0) is 32.4 Å². The highest BCUT2D eigenvalue weighted by Crippen LogP contribution is 2.29. The summed E-state index contributed by atoms with van der Waals surface area (Å²) in [5.41, 5.74) is 1.03. The molecule has 0 radical (unpaired) electrons. The zero-order valence-electron chi connectivity index (χ0n) is 8.94. The fourth-order valence-corrected chi connectivity index (χ4v) is 1.94. The van der Waals surface area contributed by atoms with E-state index in [1.54, 1.807) is 0 Å². The topological polar surface area (TPSA) is 18.5 Å². The molecular weight excluding hydrogens is 212 g/mol. The molecule has 1 aliphatic heterocycles. The lowest BCUT2D eigenvalue weighted by atomic mass is 10.1. The molecule has 1 heterocycles. The zero-order valence-corrected chi connectivity index (χ0v) is 9.70. The van der Waals surface area contributed by atoms with Crippen LogP contribution < -0.4 is 0 Å². The van der Waals surface area contributed by atoms with E-state index in [9.17, 15) is 0 Å². The molecule has 0 bridgehead atoms. The third-order valence-electron chi connectivity index (χ3n) is 2.52. The van der Waals surface area contributed by atoms with Crippen molar-refractivity contribution in [3.63, 3.8) is 0 Å². The maximum Gasteiger partial charge on any atom is 0.184 e. The SMILES string of the molecule is C[C@@H]1C[C@H](C)OC(c2ccc(Cl)cc2)O1. The Balaban J connectivity index is 2.12. The minimum Gasteiger partial charge on any atom is -0.345 e. The molecule has 2 nitrogen and oxygen atoms in total. The highest BCUT2D eigenvalue weighted by Gasteiger charge is 2.25. The van der Waals surface area contributed by atoms with E-state index in [1.165, 1.54) is 0 Å². The molecule has 0 amide bonds. The smallest absolute Gasteiger partial charge is 0.184 e. The van der Waals surface area contributed by atoms with Gasteiger partial charge in [-0.25, -0.2) is 0 Å². The average Bonchev–Trinajstić information content (AvgIpc) is 2.17. The van der Waals surface area contributed by atoms with Gasteiger partial charge in [-0.1, -0.05) is 23.7 Å².